The predicted octanol–water partition coefficient (Wildman–Crippen LogP) is 3.13. The number of carbonyl (C=O) groups is 1. The van der Waals surface area contributed by atoms with Gasteiger partial charge in [0.25, 0.3) is 5.91 Å². The second-order valence-corrected chi connectivity index (χ2v) is 6.78. The Hall–Kier alpha value is -1.92. The molecule has 1 N–H and O–H groups in total. The van der Waals surface area contributed by atoms with Crippen molar-refractivity contribution < 1.29 is 17.6 Å². The first kappa shape index (κ1) is 15.5. The van der Waals surface area contributed by atoms with E-state index in [0.717, 1.165) is 6.26 Å². The maximum atomic E-state index is 13.7. The van der Waals surface area contributed by atoms with E-state index in [1.54, 1.807) is 0 Å². The van der Waals surface area contributed by atoms with Gasteiger partial charge in [-0.05, 0) is 30.3 Å². The topological polar surface area (TPSA) is 63.2 Å². The van der Waals surface area contributed by atoms with Gasteiger partial charge in [0.15, 0.2) is 15.7 Å². The number of hydrogen-bond acceptors (Lipinski definition) is 3. The van der Waals surface area contributed by atoms with E-state index in [2.05, 4.69) is 5.32 Å². The van der Waals surface area contributed by atoms with Crippen molar-refractivity contribution in [3.05, 3.63) is 58.9 Å². The second-order valence-electron chi connectivity index (χ2n) is 4.36. The van der Waals surface area contributed by atoms with Gasteiger partial charge in [-0.25, -0.2) is 12.8 Å². The monoisotopic (exact) mass is 327 g/mol. The molecular formula is C14H11ClFNO3S. The average Bonchev–Trinajstić information content (AvgIpc) is 2.43. The number of carbonyl (C=O) groups excluding carboxylic acids is 1. The van der Waals surface area contributed by atoms with Gasteiger partial charge in [0.2, 0.25) is 0 Å². The van der Waals surface area contributed by atoms with Crippen LogP contribution in [0.1, 0.15) is 10.4 Å². The van der Waals surface area contributed by atoms with Crippen LogP contribution in [0.3, 0.4) is 0 Å². The highest BCUT2D eigenvalue weighted by atomic mass is 35.5. The van der Waals surface area contributed by atoms with Crippen LogP contribution >= 0.6 is 11.6 Å². The lowest BCUT2D eigenvalue weighted by Gasteiger charge is -2.08. The molecule has 7 heteroatoms. The Bertz CT molecular complexity index is 806. The van der Waals surface area contributed by atoms with Gasteiger partial charge in [0.05, 0.1) is 15.6 Å². The predicted molar refractivity (Wildman–Crippen MR) is 78.9 cm³/mol. The SMILES string of the molecule is CS(=O)(=O)c1cccc(C(=O)Nc2cccc(Cl)c2F)c1. The fourth-order valence-corrected chi connectivity index (χ4v) is 2.50. The van der Waals surface area contributed by atoms with E-state index in [0.29, 0.717) is 0 Å². The van der Waals surface area contributed by atoms with Crippen LogP contribution in [-0.2, 0) is 9.84 Å². The third kappa shape index (κ3) is 3.59. The quantitative estimate of drug-likeness (QED) is 0.942. The van der Waals surface area contributed by atoms with Crippen LogP contribution in [0, 0.1) is 5.82 Å². The third-order valence-corrected chi connectivity index (χ3v) is 4.13. The molecule has 0 heterocycles. The van der Waals surface area contributed by atoms with Crippen molar-refractivity contribution in [3.8, 4) is 0 Å². The molecule has 0 bridgehead atoms. The zero-order valence-electron chi connectivity index (χ0n) is 10.9. The van der Waals surface area contributed by atoms with Crippen molar-refractivity contribution in [2.75, 3.05) is 11.6 Å². The molecule has 0 fully saturated rings. The molecule has 0 aromatic heterocycles. The Labute approximate surface area is 126 Å². The fraction of sp³-hybridized carbons (Fsp3) is 0.0714. The van der Waals surface area contributed by atoms with Gasteiger partial charge in [0.1, 0.15) is 0 Å². The fourth-order valence-electron chi connectivity index (χ4n) is 1.66. The van der Waals surface area contributed by atoms with E-state index in [1.165, 1.54) is 42.5 Å². The summed E-state index contributed by atoms with van der Waals surface area (Å²) in [5, 5.41) is 2.24. The molecular weight excluding hydrogens is 317 g/mol. The standard InChI is InChI=1S/C14H11ClFNO3S/c1-21(19,20)10-5-2-4-9(8-10)14(18)17-12-7-3-6-11(15)13(12)16/h2-8H,1H3,(H,17,18). The Morgan fingerprint density at radius 3 is 2.52 bits per heavy atom. The number of sulfone groups is 1. The van der Waals surface area contributed by atoms with E-state index in [4.69, 9.17) is 11.6 Å². The van der Waals surface area contributed by atoms with E-state index < -0.39 is 21.6 Å². The molecule has 0 aliphatic heterocycles. The molecule has 0 aliphatic carbocycles. The molecule has 0 atom stereocenters. The van der Waals surface area contributed by atoms with E-state index >= 15 is 0 Å². The summed E-state index contributed by atoms with van der Waals surface area (Å²) in [7, 11) is -3.42. The van der Waals surface area contributed by atoms with Crippen LogP contribution in [0.2, 0.25) is 5.02 Å². The summed E-state index contributed by atoms with van der Waals surface area (Å²) in [6, 6.07) is 9.70. The zero-order valence-corrected chi connectivity index (χ0v) is 12.5. The van der Waals surface area contributed by atoms with Gasteiger partial charge in [0, 0.05) is 11.8 Å². The summed E-state index contributed by atoms with van der Waals surface area (Å²) in [6.07, 6.45) is 1.04. The number of rotatable bonds is 3. The lowest BCUT2D eigenvalue weighted by Crippen LogP contribution is -2.13. The van der Waals surface area contributed by atoms with Crippen LogP contribution in [0.5, 0.6) is 0 Å². The molecule has 0 unspecified atom stereocenters. The smallest absolute Gasteiger partial charge is 0.255 e. The highest BCUT2D eigenvalue weighted by molar-refractivity contribution is 7.90. The van der Waals surface area contributed by atoms with Crippen LogP contribution in [0.25, 0.3) is 0 Å². The number of benzene rings is 2. The summed E-state index contributed by atoms with van der Waals surface area (Å²) >= 11 is 5.62. The molecule has 2 aromatic rings. The van der Waals surface area contributed by atoms with Gasteiger partial charge < -0.3 is 5.32 Å². The summed E-state index contributed by atoms with van der Waals surface area (Å²) < 4.78 is 36.6. The molecule has 0 radical (unpaired) electrons. The van der Waals surface area contributed by atoms with Gasteiger partial charge in [-0.3, -0.25) is 4.79 Å². The maximum absolute atomic E-state index is 13.7. The molecule has 110 valence electrons. The summed E-state index contributed by atoms with van der Waals surface area (Å²) in [5.74, 6) is -1.37. The van der Waals surface area contributed by atoms with Crippen molar-refractivity contribution in [2.24, 2.45) is 0 Å². The highest BCUT2D eigenvalue weighted by Gasteiger charge is 2.14. The summed E-state index contributed by atoms with van der Waals surface area (Å²) in [4.78, 5) is 12.1. The van der Waals surface area contributed by atoms with Gasteiger partial charge in [-0.2, -0.15) is 0 Å². The Balaban J connectivity index is 2.31. The van der Waals surface area contributed by atoms with E-state index in [9.17, 15) is 17.6 Å². The molecule has 0 saturated carbocycles. The molecule has 0 aliphatic rings. The van der Waals surface area contributed by atoms with Gasteiger partial charge in [-0.15, -0.1) is 0 Å². The van der Waals surface area contributed by atoms with Gasteiger partial charge in [-0.1, -0.05) is 23.7 Å². The molecule has 0 spiro atoms. The zero-order chi connectivity index (χ0) is 15.6. The molecule has 1 amide bonds. The van der Waals surface area contributed by atoms with Gasteiger partial charge >= 0.3 is 0 Å². The maximum Gasteiger partial charge on any atom is 0.255 e. The summed E-state index contributed by atoms with van der Waals surface area (Å²) in [5.41, 5.74) is 0.0366. The Morgan fingerprint density at radius 1 is 1.19 bits per heavy atom. The first-order valence-corrected chi connectivity index (χ1v) is 8.11. The second kappa shape index (κ2) is 5.83. The lowest BCUT2D eigenvalue weighted by molar-refractivity contribution is 0.102. The van der Waals surface area contributed by atoms with Crippen molar-refractivity contribution >= 4 is 33.0 Å². The molecule has 0 saturated heterocycles. The first-order chi connectivity index (χ1) is 9.79. The van der Waals surface area contributed by atoms with Crippen molar-refractivity contribution in [2.45, 2.75) is 4.90 Å². The molecule has 21 heavy (non-hydrogen) atoms. The van der Waals surface area contributed by atoms with E-state index in [1.807, 2.05) is 0 Å². The Morgan fingerprint density at radius 2 is 1.86 bits per heavy atom. The lowest BCUT2D eigenvalue weighted by atomic mass is 10.2. The number of halogens is 2. The van der Waals surface area contributed by atoms with Crippen LogP contribution in [0.15, 0.2) is 47.4 Å². The third-order valence-electron chi connectivity index (χ3n) is 2.72. The van der Waals surface area contributed by atoms with Crippen molar-refractivity contribution in [1.82, 2.24) is 0 Å². The van der Waals surface area contributed by atoms with Crippen molar-refractivity contribution in [1.29, 1.82) is 0 Å². The average molecular weight is 328 g/mol. The largest absolute Gasteiger partial charge is 0.319 e. The first-order valence-electron chi connectivity index (χ1n) is 5.84. The van der Waals surface area contributed by atoms with Crippen molar-refractivity contribution in [3.63, 3.8) is 0 Å². The van der Waals surface area contributed by atoms with E-state index in [-0.39, 0.29) is 21.2 Å². The van der Waals surface area contributed by atoms with Crippen LogP contribution in [-0.4, -0.2) is 20.6 Å². The Kier molecular flexibility index (Phi) is 4.29. The minimum absolute atomic E-state index is 0.0155. The number of hydrogen-bond donors (Lipinski definition) is 1. The number of nitrogens with one attached hydrogen (secondary N) is 1. The molecule has 4 nitrogen and oxygen atoms in total. The highest BCUT2D eigenvalue weighted by Crippen LogP contribution is 2.22. The number of amides is 1. The molecule has 2 aromatic carbocycles. The van der Waals surface area contributed by atoms with Crippen LogP contribution in [0.4, 0.5) is 10.1 Å². The minimum atomic E-state index is -3.42. The minimum Gasteiger partial charge on any atom is -0.319 e. The molecule has 2 rings (SSSR count). The normalized spacial score (nSPS) is 11.2. The number of anilines is 1. The summed E-state index contributed by atoms with van der Waals surface area (Å²) in [6.45, 7) is 0. The van der Waals surface area contributed by atoms with Crippen LogP contribution < -0.4 is 5.32 Å².